The van der Waals surface area contributed by atoms with E-state index in [1.165, 1.54) is 0 Å². The van der Waals surface area contributed by atoms with Crippen LogP contribution in [0, 0.1) is 0 Å². The van der Waals surface area contributed by atoms with Crippen molar-refractivity contribution in [2.75, 3.05) is 6.61 Å². The summed E-state index contributed by atoms with van der Waals surface area (Å²) in [6.07, 6.45) is 0. The summed E-state index contributed by atoms with van der Waals surface area (Å²) in [5, 5.41) is 8.10. The Morgan fingerprint density at radius 1 is 1.14 bits per heavy atom. The minimum atomic E-state index is -0.0466. The molecule has 3 rings (SSSR count). The third-order valence-electron chi connectivity index (χ3n) is 3.20. The number of aromatic nitrogens is 3. The highest BCUT2D eigenvalue weighted by Gasteiger charge is 2.14. The molecule has 0 radical (unpaired) electrons. The number of hydrogen-bond acceptors (Lipinski definition) is 4. The number of hydrogen-bond donors (Lipinski definition) is 0. The lowest BCUT2D eigenvalue weighted by molar-refractivity contribution is 0.0965. The summed E-state index contributed by atoms with van der Waals surface area (Å²) in [6, 6.07) is 14.8. The summed E-state index contributed by atoms with van der Waals surface area (Å²) in [5.74, 6) is 0.559. The summed E-state index contributed by atoms with van der Waals surface area (Å²) in [5.41, 5.74) is 2.20. The predicted molar refractivity (Wildman–Crippen MR) is 79.5 cm³/mol. The summed E-state index contributed by atoms with van der Waals surface area (Å²) in [7, 11) is 0. The van der Waals surface area contributed by atoms with Crippen LogP contribution >= 0.6 is 0 Å². The van der Waals surface area contributed by atoms with Crippen LogP contribution in [0.25, 0.3) is 11.0 Å². The van der Waals surface area contributed by atoms with Gasteiger partial charge in [0, 0.05) is 0 Å². The van der Waals surface area contributed by atoms with E-state index in [2.05, 4.69) is 10.3 Å². The lowest BCUT2D eigenvalue weighted by atomic mass is 10.1. The molecule has 0 spiro atoms. The molecular weight excluding hydrogens is 266 g/mol. The molecule has 0 atom stereocenters. The molecule has 5 heteroatoms. The maximum absolute atomic E-state index is 12.5. The molecule has 0 saturated heterocycles. The van der Waals surface area contributed by atoms with Gasteiger partial charge in [-0.1, -0.05) is 29.5 Å². The fourth-order valence-electron chi connectivity index (χ4n) is 2.23. The summed E-state index contributed by atoms with van der Waals surface area (Å²) >= 11 is 0. The number of fused-ring (bicyclic) bond motifs is 1. The minimum Gasteiger partial charge on any atom is -0.493 e. The summed E-state index contributed by atoms with van der Waals surface area (Å²) in [6.45, 7) is 2.56. The van der Waals surface area contributed by atoms with E-state index in [0.29, 0.717) is 17.9 Å². The molecule has 1 aromatic heterocycles. The monoisotopic (exact) mass is 281 g/mol. The largest absolute Gasteiger partial charge is 0.493 e. The zero-order valence-corrected chi connectivity index (χ0v) is 11.7. The van der Waals surface area contributed by atoms with Crippen molar-refractivity contribution in [3.63, 3.8) is 0 Å². The zero-order chi connectivity index (χ0) is 14.7. The van der Waals surface area contributed by atoms with E-state index in [9.17, 15) is 4.79 Å². The fourth-order valence-corrected chi connectivity index (χ4v) is 2.23. The standard InChI is InChI=1S/C16H15N3O2/c1-2-21-16-10-6-3-7-12(16)15(20)11-19-14-9-5-4-8-13(14)17-18-19/h3-10H,2,11H2,1H3. The minimum absolute atomic E-state index is 0.0466. The van der Waals surface area contributed by atoms with Crippen LogP contribution in [-0.2, 0) is 6.54 Å². The average Bonchev–Trinajstić information content (AvgIpc) is 2.91. The van der Waals surface area contributed by atoms with Crippen molar-refractivity contribution in [1.29, 1.82) is 0 Å². The molecule has 0 aliphatic rings. The maximum Gasteiger partial charge on any atom is 0.188 e. The second-order valence-corrected chi connectivity index (χ2v) is 4.59. The predicted octanol–water partition coefficient (Wildman–Crippen LogP) is 2.71. The third kappa shape index (κ3) is 2.63. The van der Waals surface area contributed by atoms with Gasteiger partial charge < -0.3 is 4.74 Å². The molecule has 21 heavy (non-hydrogen) atoms. The lowest BCUT2D eigenvalue weighted by Gasteiger charge is -2.09. The van der Waals surface area contributed by atoms with Gasteiger partial charge in [-0.05, 0) is 31.2 Å². The van der Waals surface area contributed by atoms with Gasteiger partial charge in [-0.15, -0.1) is 5.10 Å². The van der Waals surface area contributed by atoms with Gasteiger partial charge in [0.1, 0.15) is 17.8 Å². The Morgan fingerprint density at radius 2 is 1.90 bits per heavy atom. The van der Waals surface area contributed by atoms with Gasteiger partial charge in [0.05, 0.1) is 17.7 Å². The Bertz CT molecular complexity index is 780. The number of carbonyl (C=O) groups is 1. The van der Waals surface area contributed by atoms with Gasteiger partial charge in [0.15, 0.2) is 5.78 Å². The number of benzene rings is 2. The van der Waals surface area contributed by atoms with Crippen LogP contribution < -0.4 is 4.74 Å². The molecule has 0 bridgehead atoms. The van der Waals surface area contributed by atoms with E-state index in [1.54, 1.807) is 16.8 Å². The lowest BCUT2D eigenvalue weighted by Crippen LogP contribution is -2.13. The summed E-state index contributed by atoms with van der Waals surface area (Å²) in [4.78, 5) is 12.5. The highest BCUT2D eigenvalue weighted by molar-refractivity contribution is 5.99. The molecule has 1 heterocycles. The smallest absolute Gasteiger partial charge is 0.188 e. The van der Waals surface area contributed by atoms with Crippen molar-refractivity contribution < 1.29 is 9.53 Å². The average molecular weight is 281 g/mol. The van der Waals surface area contributed by atoms with E-state index < -0.39 is 0 Å². The molecule has 0 aliphatic carbocycles. The van der Waals surface area contributed by atoms with E-state index in [1.807, 2.05) is 43.3 Å². The van der Waals surface area contributed by atoms with Gasteiger partial charge in [0.2, 0.25) is 0 Å². The molecule has 2 aromatic carbocycles. The van der Waals surface area contributed by atoms with Crippen molar-refractivity contribution in [2.24, 2.45) is 0 Å². The highest BCUT2D eigenvalue weighted by atomic mass is 16.5. The Labute approximate surface area is 122 Å². The number of Topliss-reactive ketones (excluding diaryl/α,β-unsaturated/α-hetero) is 1. The van der Waals surface area contributed by atoms with Gasteiger partial charge in [-0.25, -0.2) is 4.68 Å². The van der Waals surface area contributed by atoms with Gasteiger partial charge in [0.25, 0.3) is 0 Å². The third-order valence-corrected chi connectivity index (χ3v) is 3.20. The molecular formula is C16H15N3O2. The maximum atomic E-state index is 12.5. The van der Waals surface area contributed by atoms with Crippen LogP contribution in [-0.4, -0.2) is 27.4 Å². The molecule has 0 amide bonds. The van der Waals surface area contributed by atoms with Crippen LogP contribution in [0.15, 0.2) is 48.5 Å². The van der Waals surface area contributed by atoms with E-state index in [0.717, 1.165) is 11.0 Å². The van der Waals surface area contributed by atoms with Crippen molar-refractivity contribution in [2.45, 2.75) is 13.5 Å². The number of carbonyl (C=O) groups excluding carboxylic acids is 1. The molecule has 5 nitrogen and oxygen atoms in total. The number of para-hydroxylation sites is 2. The molecule has 0 N–H and O–H groups in total. The van der Waals surface area contributed by atoms with Crippen LogP contribution in [0.4, 0.5) is 0 Å². The molecule has 0 unspecified atom stereocenters. The van der Waals surface area contributed by atoms with Crippen LogP contribution in [0.1, 0.15) is 17.3 Å². The number of ether oxygens (including phenoxy) is 1. The SMILES string of the molecule is CCOc1ccccc1C(=O)Cn1nnc2ccccc21. The van der Waals surface area contributed by atoms with E-state index in [4.69, 9.17) is 4.74 Å². The Morgan fingerprint density at radius 3 is 2.76 bits per heavy atom. The first-order chi connectivity index (χ1) is 10.3. The van der Waals surface area contributed by atoms with Crippen molar-refractivity contribution in [1.82, 2.24) is 15.0 Å². The van der Waals surface area contributed by atoms with Crippen molar-refractivity contribution >= 4 is 16.8 Å². The molecule has 0 aliphatic heterocycles. The highest BCUT2D eigenvalue weighted by Crippen LogP contribution is 2.20. The first kappa shape index (κ1) is 13.3. The molecule has 0 fully saturated rings. The number of nitrogens with zero attached hydrogens (tertiary/aromatic N) is 3. The van der Waals surface area contributed by atoms with Crippen molar-refractivity contribution in [3.8, 4) is 5.75 Å². The summed E-state index contributed by atoms with van der Waals surface area (Å²) < 4.78 is 7.11. The first-order valence-corrected chi connectivity index (χ1v) is 6.83. The Kier molecular flexibility index (Phi) is 3.64. The Hall–Kier alpha value is -2.69. The molecule has 3 aromatic rings. The topological polar surface area (TPSA) is 57.0 Å². The van der Waals surface area contributed by atoms with Crippen LogP contribution in [0.5, 0.6) is 5.75 Å². The quantitative estimate of drug-likeness (QED) is 0.675. The molecule has 106 valence electrons. The normalized spacial score (nSPS) is 10.7. The van der Waals surface area contributed by atoms with E-state index >= 15 is 0 Å². The van der Waals surface area contributed by atoms with Crippen LogP contribution in [0.2, 0.25) is 0 Å². The number of ketones is 1. The van der Waals surface area contributed by atoms with Crippen molar-refractivity contribution in [3.05, 3.63) is 54.1 Å². The Balaban J connectivity index is 1.90. The van der Waals surface area contributed by atoms with Gasteiger partial charge in [-0.2, -0.15) is 0 Å². The van der Waals surface area contributed by atoms with Crippen LogP contribution in [0.3, 0.4) is 0 Å². The second-order valence-electron chi connectivity index (χ2n) is 4.59. The number of rotatable bonds is 5. The zero-order valence-electron chi connectivity index (χ0n) is 11.7. The second kappa shape index (κ2) is 5.75. The fraction of sp³-hybridized carbons (Fsp3) is 0.188. The van der Waals surface area contributed by atoms with Gasteiger partial charge >= 0.3 is 0 Å². The van der Waals surface area contributed by atoms with Gasteiger partial charge in [-0.3, -0.25) is 4.79 Å². The van der Waals surface area contributed by atoms with E-state index in [-0.39, 0.29) is 12.3 Å². The first-order valence-electron chi connectivity index (χ1n) is 6.83. The molecule has 0 saturated carbocycles.